The molecule has 0 aliphatic rings. The first-order chi connectivity index (χ1) is 16.6. The van der Waals surface area contributed by atoms with Gasteiger partial charge in [-0.1, -0.05) is 35.1 Å². The average molecular weight is 513 g/mol. The van der Waals surface area contributed by atoms with Crippen LogP contribution in [-0.4, -0.2) is 43.4 Å². The Morgan fingerprint density at radius 2 is 1.94 bits per heavy atom. The molecule has 0 aliphatic carbocycles. The highest BCUT2D eigenvalue weighted by Gasteiger charge is 2.18. The van der Waals surface area contributed by atoms with Crippen LogP contribution >= 0.6 is 11.3 Å². The van der Waals surface area contributed by atoms with Gasteiger partial charge in [-0.3, -0.25) is 10.1 Å². The molecule has 35 heavy (non-hydrogen) atoms. The van der Waals surface area contributed by atoms with Crippen molar-refractivity contribution < 1.29 is 27.5 Å². The molecule has 10 nitrogen and oxygen atoms in total. The van der Waals surface area contributed by atoms with Crippen LogP contribution in [0.2, 0.25) is 0 Å². The third-order valence-corrected chi connectivity index (χ3v) is 6.85. The van der Waals surface area contributed by atoms with Gasteiger partial charge in [0.2, 0.25) is 19.3 Å². The van der Waals surface area contributed by atoms with Gasteiger partial charge in [-0.2, -0.15) is 5.26 Å². The van der Waals surface area contributed by atoms with Gasteiger partial charge in [0.05, 0.1) is 12.2 Å². The lowest BCUT2D eigenvalue weighted by Crippen LogP contribution is -2.13. The summed E-state index contributed by atoms with van der Waals surface area (Å²) in [5.74, 6) is -0.917. The minimum Gasteiger partial charge on any atom is -0.490 e. The lowest BCUT2D eigenvalue weighted by atomic mass is 10.1. The van der Waals surface area contributed by atoms with Gasteiger partial charge >= 0.3 is 5.97 Å². The lowest BCUT2D eigenvalue weighted by Gasteiger charge is -2.12. The molecule has 1 aromatic heterocycles. The molecule has 180 valence electrons. The summed E-state index contributed by atoms with van der Waals surface area (Å²) in [6, 6.07) is 13.3. The van der Waals surface area contributed by atoms with Crippen molar-refractivity contribution in [2.45, 2.75) is 18.2 Å². The molecule has 0 unspecified atom stereocenters. The molecular formula is C23H20N4O6S2. The van der Waals surface area contributed by atoms with E-state index in [-0.39, 0.29) is 33.2 Å². The highest BCUT2D eigenvalue weighted by Crippen LogP contribution is 2.30. The Bertz CT molecular complexity index is 1450. The minimum atomic E-state index is -3.57. The molecule has 0 fully saturated rings. The van der Waals surface area contributed by atoms with Crippen molar-refractivity contribution in [1.29, 1.82) is 5.26 Å². The molecule has 2 aromatic carbocycles. The Hall–Kier alpha value is -4.08. The first-order valence-electron chi connectivity index (χ1n) is 10.1. The van der Waals surface area contributed by atoms with Gasteiger partial charge in [0, 0.05) is 6.26 Å². The van der Waals surface area contributed by atoms with E-state index in [2.05, 4.69) is 15.5 Å². The number of nitrogens with one attached hydrogen (secondary N) is 1. The first-order valence-corrected chi connectivity index (χ1v) is 12.8. The van der Waals surface area contributed by atoms with Gasteiger partial charge in [-0.15, -0.1) is 10.2 Å². The molecule has 0 saturated heterocycles. The largest absolute Gasteiger partial charge is 0.490 e. The summed E-state index contributed by atoms with van der Waals surface area (Å²) in [4.78, 5) is 25.0. The highest BCUT2D eigenvalue weighted by molar-refractivity contribution is 7.92. The Morgan fingerprint density at radius 3 is 2.57 bits per heavy atom. The van der Waals surface area contributed by atoms with Crippen LogP contribution in [0.15, 0.2) is 52.4 Å². The van der Waals surface area contributed by atoms with Crippen LogP contribution < -0.4 is 14.8 Å². The minimum absolute atomic E-state index is 0.0648. The second kappa shape index (κ2) is 10.9. The van der Waals surface area contributed by atoms with Crippen molar-refractivity contribution in [2.24, 2.45) is 0 Å². The van der Waals surface area contributed by atoms with Crippen molar-refractivity contribution in [3.05, 3.63) is 64.7 Å². The van der Waals surface area contributed by atoms with Gasteiger partial charge < -0.3 is 9.47 Å². The summed E-state index contributed by atoms with van der Waals surface area (Å²) in [7, 11) is -3.57. The maximum atomic E-state index is 12.5. The molecule has 1 heterocycles. The molecular weight excluding hydrogens is 492 g/mol. The number of aryl methyl sites for hydroxylation is 1. The molecule has 1 amide bonds. The summed E-state index contributed by atoms with van der Waals surface area (Å²) in [6.07, 6.45) is 2.28. The maximum Gasteiger partial charge on any atom is 0.343 e. The number of sulfone groups is 1. The van der Waals surface area contributed by atoms with Crippen LogP contribution in [0.25, 0.3) is 6.08 Å². The summed E-state index contributed by atoms with van der Waals surface area (Å²) < 4.78 is 33.9. The number of hydrogen-bond acceptors (Lipinski definition) is 10. The van der Waals surface area contributed by atoms with Crippen LogP contribution in [0.3, 0.4) is 0 Å². The fraction of sp³-hybridized carbons (Fsp3) is 0.174. The van der Waals surface area contributed by atoms with E-state index in [0.717, 1.165) is 11.8 Å². The number of nitriles is 1. The third kappa shape index (κ3) is 6.72. The van der Waals surface area contributed by atoms with Gasteiger partial charge in [-0.25, -0.2) is 13.2 Å². The molecule has 0 atom stereocenters. The number of aromatic nitrogens is 2. The Labute approximate surface area is 205 Å². The smallest absolute Gasteiger partial charge is 0.343 e. The highest BCUT2D eigenvalue weighted by atomic mass is 32.2. The third-order valence-electron chi connectivity index (χ3n) is 4.34. The number of benzene rings is 2. The van der Waals surface area contributed by atoms with Crippen molar-refractivity contribution in [3.8, 4) is 17.6 Å². The molecule has 0 saturated carbocycles. The van der Waals surface area contributed by atoms with Crippen molar-refractivity contribution in [3.63, 3.8) is 0 Å². The van der Waals surface area contributed by atoms with Crippen molar-refractivity contribution in [2.75, 3.05) is 18.2 Å². The number of carbonyl (C=O) groups excluding carboxylic acids is 2. The van der Waals surface area contributed by atoms with E-state index < -0.39 is 21.7 Å². The van der Waals surface area contributed by atoms with Crippen LogP contribution in [0.1, 0.15) is 28.4 Å². The Balaban J connectivity index is 1.82. The normalized spacial score (nSPS) is 11.4. The zero-order valence-corrected chi connectivity index (χ0v) is 20.6. The number of hydrogen-bond donors (Lipinski definition) is 1. The molecule has 0 spiro atoms. The molecule has 12 heteroatoms. The van der Waals surface area contributed by atoms with Gasteiger partial charge in [-0.05, 0) is 49.8 Å². The number of amides is 1. The van der Waals surface area contributed by atoms with E-state index in [0.29, 0.717) is 22.5 Å². The van der Waals surface area contributed by atoms with E-state index in [4.69, 9.17) is 9.47 Å². The van der Waals surface area contributed by atoms with E-state index >= 15 is 0 Å². The van der Waals surface area contributed by atoms with Crippen molar-refractivity contribution in [1.82, 2.24) is 10.2 Å². The summed E-state index contributed by atoms with van der Waals surface area (Å²) in [5.41, 5.74) is 1.46. The summed E-state index contributed by atoms with van der Waals surface area (Å²) in [5, 5.41) is 18.9. The summed E-state index contributed by atoms with van der Waals surface area (Å²) in [6.45, 7) is 3.91. The zero-order chi connectivity index (χ0) is 25.6. The number of esters is 1. The van der Waals surface area contributed by atoms with Crippen LogP contribution in [0, 0.1) is 18.3 Å². The van der Waals surface area contributed by atoms with Crippen LogP contribution in [-0.2, 0) is 14.6 Å². The van der Waals surface area contributed by atoms with E-state index in [1.54, 1.807) is 37.3 Å². The predicted octanol–water partition coefficient (Wildman–Crippen LogP) is 3.41. The van der Waals surface area contributed by atoms with Gasteiger partial charge in [0.15, 0.2) is 11.5 Å². The molecule has 3 aromatic rings. The lowest BCUT2D eigenvalue weighted by molar-refractivity contribution is -0.112. The molecule has 0 radical (unpaired) electrons. The number of nitrogens with zero attached hydrogens (tertiary/aromatic N) is 3. The molecule has 3 rings (SSSR count). The standard InChI is InChI=1S/C23H20N4O6S2/c1-4-32-19-12-15(8-9-18(19)33-21(29)16-7-5-6-14(2)10-16)11-17(13-24)20(28)25-22-26-27-23(34-22)35(3,30)31/h5-12H,4H2,1-3H3,(H,25,26,28)/b17-11-. The Kier molecular flexibility index (Phi) is 7.95. The zero-order valence-electron chi connectivity index (χ0n) is 18.9. The van der Waals surface area contributed by atoms with Crippen LogP contribution in [0.4, 0.5) is 5.13 Å². The van der Waals surface area contributed by atoms with Crippen molar-refractivity contribution >= 4 is 44.3 Å². The number of anilines is 1. The van der Waals surface area contributed by atoms with Crippen LogP contribution in [0.5, 0.6) is 11.5 Å². The molecule has 0 aliphatic heterocycles. The van der Waals surface area contributed by atoms with Gasteiger partial charge in [0.1, 0.15) is 11.6 Å². The number of rotatable bonds is 8. The quantitative estimate of drug-likeness (QED) is 0.157. The maximum absolute atomic E-state index is 12.5. The predicted molar refractivity (Wildman–Crippen MR) is 129 cm³/mol. The van der Waals surface area contributed by atoms with Gasteiger partial charge in [0.25, 0.3) is 5.91 Å². The van der Waals surface area contributed by atoms with E-state index in [9.17, 15) is 23.3 Å². The monoisotopic (exact) mass is 512 g/mol. The second-order valence-electron chi connectivity index (χ2n) is 7.17. The number of ether oxygens (including phenoxy) is 2. The Morgan fingerprint density at radius 1 is 1.17 bits per heavy atom. The summed E-state index contributed by atoms with van der Waals surface area (Å²) >= 11 is 0.671. The average Bonchev–Trinajstić information content (AvgIpc) is 3.28. The topological polar surface area (TPSA) is 148 Å². The molecule has 1 N–H and O–H groups in total. The SMILES string of the molecule is CCOc1cc(/C=C(/C#N)C(=O)Nc2nnc(S(C)(=O)=O)s2)ccc1OC(=O)c1cccc(C)c1. The van der Waals surface area contributed by atoms with E-state index in [1.165, 1.54) is 18.2 Å². The second-order valence-corrected chi connectivity index (χ2v) is 10.3. The first kappa shape index (κ1) is 25.5. The fourth-order valence-electron chi connectivity index (χ4n) is 2.79. The molecule has 0 bridgehead atoms. The fourth-order valence-corrected chi connectivity index (χ4v) is 4.29. The van der Waals surface area contributed by atoms with E-state index in [1.807, 2.05) is 13.0 Å². The number of carbonyl (C=O) groups is 2.